The first kappa shape index (κ1) is 14.6. The van der Waals surface area contributed by atoms with E-state index >= 15 is 0 Å². The number of likely N-dealkylation sites (tertiary alicyclic amines) is 1. The number of H-pyrrole nitrogens is 1. The predicted molar refractivity (Wildman–Crippen MR) is 87.8 cm³/mol. The number of imidazole rings is 1. The van der Waals surface area contributed by atoms with Crippen LogP contribution in [-0.2, 0) is 0 Å². The first-order valence-corrected chi connectivity index (χ1v) is 7.94. The largest absolute Gasteiger partial charge is 0.345 e. The van der Waals surface area contributed by atoms with Gasteiger partial charge in [0.2, 0.25) is 0 Å². The zero-order valence-corrected chi connectivity index (χ0v) is 13.3. The van der Waals surface area contributed by atoms with Gasteiger partial charge in [0.25, 0.3) is 5.91 Å². The maximum Gasteiger partial charge on any atom is 0.345 e. The number of fused-ring (bicyclic) bond motifs is 1. The molecule has 0 aromatic carbocycles. The van der Waals surface area contributed by atoms with Crippen molar-refractivity contribution in [3.8, 4) is 0 Å². The average molecular weight is 323 g/mol. The van der Waals surface area contributed by atoms with E-state index in [1.54, 1.807) is 17.2 Å². The van der Waals surface area contributed by atoms with Crippen LogP contribution in [0, 0.1) is 6.92 Å². The highest BCUT2D eigenvalue weighted by Crippen LogP contribution is 2.31. The van der Waals surface area contributed by atoms with Crippen molar-refractivity contribution in [2.24, 2.45) is 0 Å². The minimum Gasteiger partial charge on any atom is -0.329 e. The number of aryl methyl sites for hydroxylation is 1. The molecule has 1 atom stereocenters. The summed E-state index contributed by atoms with van der Waals surface area (Å²) in [4.78, 5) is 37.0. The predicted octanol–water partition coefficient (Wildman–Crippen LogP) is 1.70. The highest BCUT2D eigenvalue weighted by molar-refractivity contribution is 5.93. The smallest absolute Gasteiger partial charge is 0.329 e. The van der Waals surface area contributed by atoms with Crippen molar-refractivity contribution in [2.75, 3.05) is 6.54 Å². The molecule has 0 aliphatic carbocycles. The minimum atomic E-state index is -0.393. The number of pyridine rings is 1. The summed E-state index contributed by atoms with van der Waals surface area (Å²) in [5.74, 6) is -0.113. The third kappa shape index (κ3) is 2.38. The second kappa shape index (κ2) is 5.59. The van der Waals surface area contributed by atoms with Crippen molar-refractivity contribution < 1.29 is 4.79 Å². The highest BCUT2D eigenvalue weighted by Gasteiger charge is 2.32. The lowest BCUT2D eigenvalue weighted by Crippen LogP contribution is -2.32. The lowest BCUT2D eigenvalue weighted by Gasteiger charge is -2.23. The molecule has 7 nitrogen and oxygen atoms in total. The second-order valence-corrected chi connectivity index (χ2v) is 6.01. The number of nitrogens with zero attached hydrogens (tertiary/aromatic N) is 4. The maximum absolute atomic E-state index is 12.9. The molecule has 1 fully saturated rings. The number of rotatable bonds is 2. The molecule has 122 valence electrons. The molecule has 0 unspecified atom stereocenters. The Labute approximate surface area is 138 Å². The van der Waals surface area contributed by atoms with Crippen LogP contribution in [0.1, 0.15) is 40.8 Å². The molecule has 4 rings (SSSR count). The molecule has 0 spiro atoms. The third-order valence-electron chi connectivity index (χ3n) is 4.48. The Balaban J connectivity index is 1.69. The van der Waals surface area contributed by atoms with Crippen LogP contribution in [0.15, 0.2) is 41.5 Å². The van der Waals surface area contributed by atoms with Crippen molar-refractivity contribution in [3.05, 3.63) is 64.2 Å². The molecule has 1 aliphatic heterocycles. The van der Waals surface area contributed by atoms with Crippen LogP contribution in [0.4, 0.5) is 0 Å². The molecule has 1 N–H and O–H groups in total. The Kier molecular flexibility index (Phi) is 3.41. The zero-order chi connectivity index (χ0) is 16.7. The van der Waals surface area contributed by atoms with Gasteiger partial charge in [-0.1, -0.05) is 6.07 Å². The summed E-state index contributed by atoms with van der Waals surface area (Å²) in [6.07, 6.45) is 4.96. The number of hydrogen-bond acceptors (Lipinski definition) is 4. The average Bonchev–Trinajstić information content (AvgIpc) is 3.22. The SMILES string of the molecule is Cc1cccc2nc(C(=O)N3CCC[C@H]3c3ccnc(=O)[nH]3)cn12. The third-order valence-corrected chi connectivity index (χ3v) is 4.48. The van der Waals surface area contributed by atoms with E-state index in [2.05, 4.69) is 15.0 Å². The van der Waals surface area contributed by atoms with Crippen LogP contribution in [-0.4, -0.2) is 36.7 Å². The molecule has 1 amide bonds. The van der Waals surface area contributed by atoms with Crippen LogP contribution in [0.5, 0.6) is 0 Å². The van der Waals surface area contributed by atoms with Crippen molar-refractivity contribution >= 4 is 11.6 Å². The van der Waals surface area contributed by atoms with E-state index in [1.807, 2.05) is 29.5 Å². The summed E-state index contributed by atoms with van der Waals surface area (Å²) in [5.41, 5.74) is 2.53. The van der Waals surface area contributed by atoms with Crippen LogP contribution in [0.2, 0.25) is 0 Å². The highest BCUT2D eigenvalue weighted by atomic mass is 16.2. The van der Waals surface area contributed by atoms with E-state index in [-0.39, 0.29) is 11.9 Å². The molecule has 1 aliphatic rings. The molecule has 1 saturated heterocycles. The quantitative estimate of drug-likeness (QED) is 0.778. The Morgan fingerprint density at radius 1 is 1.33 bits per heavy atom. The second-order valence-electron chi connectivity index (χ2n) is 6.01. The monoisotopic (exact) mass is 323 g/mol. The van der Waals surface area contributed by atoms with Crippen LogP contribution >= 0.6 is 0 Å². The first-order valence-electron chi connectivity index (χ1n) is 7.94. The zero-order valence-electron chi connectivity index (χ0n) is 13.3. The molecular weight excluding hydrogens is 306 g/mol. The van der Waals surface area contributed by atoms with Gasteiger partial charge < -0.3 is 14.3 Å². The summed E-state index contributed by atoms with van der Waals surface area (Å²) in [6.45, 7) is 2.63. The van der Waals surface area contributed by atoms with Crippen LogP contribution in [0.3, 0.4) is 0 Å². The standard InChI is InChI=1S/C17H17N5O2/c1-11-4-2-6-15-19-13(10-22(11)15)16(23)21-9-3-5-14(21)12-7-8-18-17(24)20-12/h2,4,6-8,10,14H,3,5,9H2,1H3,(H,18,20,24)/t14-/m0/s1. The topological polar surface area (TPSA) is 83.4 Å². The van der Waals surface area contributed by atoms with Crippen LogP contribution in [0.25, 0.3) is 5.65 Å². The molecule has 4 heterocycles. The molecular formula is C17H17N5O2. The number of amides is 1. The normalized spacial score (nSPS) is 17.5. The fourth-order valence-corrected chi connectivity index (χ4v) is 3.31. The summed E-state index contributed by atoms with van der Waals surface area (Å²) in [7, 11) is 0. The van der Waals surface area contributed by atoms with Gasteiger partial charge in [-0.15, -0.1) is 0 Å². The number of carbonyl (C=O) groups is 1. The van der Waals surface area contributed by atoms with Gasteiger partial charge in [-0.2, -0.15) is 0 Å². The summed E-state index contributed by atoms with van der Waals surface area (Å²) < 4.78 is 1.91. The van der Waals surface area contributed by atoms with Gasteiger partial charge in [-0.3, -0.25) is 4.79 Å². The number of nitrogens with one attached hydrogen (secondary N) is 1. The van der Waals surface area contributed by atoms with Crippen molar-refractivity contribution in [3.63, 3.8) is 0 Å². The first-order chi connectivity index (χ1) is 11.6. The van der Waals surface area contributed by atoms with Crippen molar-refractivity contribution in [2.45, 2.75) is 25.8 Å². The van der Waals surface area contributed by atoms with Crippen molar-refractivity contribution in [1.82, 2.24) is 24.3 Å². The Morgan fingerprint density at radius 2 is 2.21 bits per heavy atom. The molecule has 3 aromatic heterocycles. The van der Waals surface area contributed by atoms with Gasteiger partial charge in [0, 0.05) is 30.3 Å². The number of aromatic amines is 1. The Bertz CT molecular complexity index is 974. The number of carbonyl (C=O) groups excluding carboxylic acids is 1. The fraction of sp³-hybridized carbons (Fsp3) is 0.294. The van der Waals surface area contributed by atoms with Gasteiger partial charge in [-0.05, 0) is 38.0 Å². The van der Waals surface area contributed by atoms with Gasteiger partial charge in [-0.25, -0.2) is 14.8 Å². The Morgan fingerprint density at radius 3 is 3.00 bits per heavy atom. The van der Waals surface area contributed by atoms with E-state index in [4.69, 9.17) is 0 Å². The van der Waals surface area contributed by atoms with Gasteiger partial charge in [0.05, 0.1) is 6.04 Å². The molecule has 0 radical (unpaired) electrons. The van der Waals surface area contributed by atoms with E-state index in [1.165, 1.54) is 6.20 Å². The molecule has 24 heavy (non-hydrogen) atoms. The fourth-order valence-electron chi connectivity index (χ4n) is 3.31. The molecule has 0 bridgehead atoms. The number of hydrogen-bond donors (Lipinski definition) is 1. The summed E-state index contributed by atoms with van der Waals surface area (Å²) in [6, 6.07) is 7.39. The summed E-state index contributed by atoms with van der Waals surface area (Å²) in [5, 5.41) is 0. The van der Waals surface area contributed by atoms with E-state index < -0.39 is 5.69 Å². The van der Waals surface area contributed by atoms with Crippen LogP contribution < -0.4 is 5.69 Å². The lowest BCUT2D eigenvalue weighted by molar-refractivity contribution is 0.0727. The Hall–Kier alpha value is -2.96. The van der Waals surface area contributed by atoms with Gasteiger partial charge in [0.15, 0.2) is 0 Å². The van der Waals surface area contributed by atoms with E-state index in [9.17, 15) is 9.59 Å². The maximum atomic E-state index is 12.9. The van der Waals surface area contributed by atoms with Gasteiger partial charge >= 0.3 is 5.69 Å². The number of aromatic nitrogens is 4. The summed E-state index contributed by atoms with van der Waals surface area (Å²) >= 11 is 0. The van der Waals surface area contributed by atoms with Crippen molar-refractivity contribution in [1.29, 1.82) is 0 Å². The molecule has 3 aromatic rings. The minimum absolute atomic E-state index is 0.113. The van der Waals surface area contributed by atoms with E-state index in [0.29, 0.717) is 12.2 Å². The van der Waals surface area contributed by atoms with E-state index in [0.717, 1.165) is 29.9 Å². The lowest BCUT2D eigenvalue weighted by atomic mass is 10.1. The molecule has 7 heteroatoms. The molecule has 0 saturated carbocycles. The van der Waals surface area contributed by atoms with Gasteiger partial charge in [0.1, 0.15) is 11.3 Å².